The fourth-order valence-electron chi connectivity index (χ4n) is 3.70. The molecule has 29 heavy (non-hydrogen) atoms. The Morgan fingerprint density at radius 3 is 1.83 bits per heavy atom. The summed E-state index contributed by atoms with van der Waals surface area (Å²) in [4.78, 5) is 2.05. The average molecular weight is 390 g/mol. The second-order valence-electron chi connectivity index (χ2n) is 8.68. The van der Waals surface area contributed by atoms with Crippen LogP contribution in [0.4, 0.5) is 5.69 Å². The third kappa shape index (κ3) is 4.01. The number of methoxy groups -OCH3 is 1. The van der Waals surface area contributed by atoms with Gasteiger partial charge in [0.25, 0.3) is 0 Å². The minimum atomic E-state index is -1.27. The van der Waals surface area contributed by atoms with E-state index in [0.29, 0.717) is 0 Å². The summed E-state index contributed by atoms with van der Waals surface area (Å²) in [5.41, 5.74) is 3.27. The molecule has 0 amide bonds. The van der Waals surface area contributed by atoms with Crippen molar-refractivity contribution in [1.82, 2.24) is 0 Å². The van der Waals surface area contributed by atoms with E-state index in [1.807, 2.05) is 80.8 Å². The van der Waals surface area contributed by atoms with E-state index in [-0.39, 0.29) is 5.41 Å². The summed E-state index contributed by atoms with van der Waals surface area (Å²) in [7, 11) is 5.71. The lowest BCUT2D eigenvalue weighted by Crippen LogP contribution is -2.29. The molecule has 0 bridgehead atoms. The van der Waals surface area contributed by atoms with E-state index in [0.717, 1.165) is 33.7 Å². The van der Waals surface area contributed by atoms with Crippen molar-refractivity contribution < 1.29 is 9.84 Å². The highest BCUT2D eigenvalue weighted by atomic mass is 16.5. The van der Waals surface area contributed by atoms with Crippen LogP contribution in [0.3, 0.4) is 0 Å². The van der Waals surface area contributed by atoms with Crippen LogP contribution in [0, 0.1) is 0 Å². The monoisotopic (exact) mass is 389 g/mol. The molecule has 3 rings (SSSR count). The van der Waals surface area contributed by atoms with Gasteiger partial charge >= 0.3 is 0 Å². The van der Waals surface area contributed by atoms with Gasteiger partial charge in [-0.3, -0.25) is 0 Å². The van der Waals surface area contributed by atoms with Gasteiger partial charge in [0.15, 0.2) is 0 Å². The molecule has 0 aliphatic rings. The molecule has 0 spiro atoms. The van der Waals surface area contributed by atoms with Gasteiger partial charge in [-0.05, 0) is 51.9 Å². The van der Waals surface area contributed by atoms with Crippen molar-refractivity contribution in [1.29, 1.82) is 0 Å². The summed E-state index contributed by atoms with van der Waals surface area (Å²) in [5.74, 6) is 0.833. The minimum Gasteiger partial charge on any atom is -0.496 e. The van der Waals surface area contributed by atoms with Gasteiger partial charge in [-0.25, -0.2) is 0 Å². The molecular weight excluding hydrogens is 358 g/mol. The van der Waals surface area contributed by atoms with Crippen LogP contribution >= 0.6 is 0 Å². The zero-order valence-corrected chi connectivity index (χ0v) is 18.2. The van der Waals surface area contributed by atoms with E-state index in [1.54, 1.807) is 7.11 Å². The van der Waals surface area contributed by atoms with E-state index in [9.17, 15) is 5.11 Å². The number of ether oxygens (including phenoxy) is 1. The van der Waals surface area contributed by atoms with Crippen LogP contribution in [0.5, 0.6) is 5.75 Å². The molecule has 3 aromatic rings. The molecule has 0 aliphatic carbocycles. The lowest BCUT2D eigenvalue weighted by molar-refractivity contribution is 0.125. The van der Waals surface area contributed by atoms with Gasteiger partial charge in [-0.15, -0.1) is 0 Å². The maximum Gasteiger partial charge on any atom is 0.140 e. The standard InChI is InChI=1S/C26H31NO2/c1-25(2,3)23-18-21(14-17-24(23)29-6)26(28,19-10-8-7-9-11-19)20-12-15-22(16-13-20)27(4)5/h7-18,28H,1-6H3. The quantitative estimate of drug-likeness (QED) is 0.598. The van der Waals surface area contributed by atoms with Crippen LogP contribution in [-0.2, 0) is 11.0 Å². The van der Waals surface area contributed by atoms with Gasteiger partial charge in [0.2, 0.25) is 0 Å². The van der Waals surface area contributed by atoms with Gasteiger partial charge < -0.3 is 14.7 Å². The molecule has 3 aromatic carbocycles. The second kappa shape index (κ2) is 7.92. The number of hydrogen-bond donors (Lipinski definition) is 1. The fraction of sp³-hybridized carbons (Fsp3) is 0.308. The van der Waals surface area contributed by atoms with Crippen molar-refractivity contribution in [2.45, 2.75) is 31.8 Å². The zero-order chi connectivity index (χ0) is 21.2. The Bertz CT molecular complexity index is 956. The Balaban J connectivity index is 2.25. The Morgan fingerprint density at radius 1 is 0.759 bits per heavy atom. The molecule has 0 fully saturated rings. The first-order valence-corrected chi connectivity index (χ1v) is 9.92. The lowest BCUT2D eigenvalue weighted by Gasteiger charge is -2.32. The second-order valence-corrected chi connectivity index (χ2v) is 8.68. The third-order valence-electron chi connectivity index (χ3n) is 5.42. The third-order valence-corrected chi connectivity index (χ3v) is 5.42. The summed E-state index contributed by atoms with van der Waals surface area (Å²) in [6.45, 7) is 6.46. The predicted molar refractivity (Wildman–Crippen MR) is 121 cm³/mol. The molecular formula is C26H31NO2. The highest BCUT2D eigenvalue weighted by molar-refractivity contribution is 5.54. The molecule has 1 atom stereocenters. The van der Waals surface area contributed by atoms with E-state index in [4.69, 9.17) is 4.74 Å². The molecule has 1 N–H and O–H groups in total. The van der Waals surface area contributed by atoms with Gasteiger partial charge in [-0.2, -0.15) is 0 Å². The molecule has 3 heteroatoms. The first-order valence-electron chi connectivity index (χ1n) is 9.92. The normalized spacial score (nSPS) is 13.6. The molecule has 0 heterocycles. The van der Waals surface area contributed by atoms with E-state index in [2.05, 4.69) is 31.7 Å². The van der Waals surface area contributed by atoms with Crippen molar-refractivity contribution in [3.63, 3.8) is 0 Å². The smallest absolute Gasteiger partial charge is 0.140 e. The summed E-state index contributed by atoms with van der Waals surface area (Å²) >= 11 is 0. The summed E-state index contributed by atoms with van der Waals surface area (Å²) < 4.78 is 5.61. The molecule has 0 saturated carbocycles. The Kier molecular flexibility index (Phi) is 5.72. The highest BCUT2D eigenvalue weighted by Crippen LogP contribution is 2.41. The Labute approximate surface area is 174 Å². The molecule has 3 nitrogen and oxygen atoms in total. The van der Waals surface area contributed by atoms with Gasteiger partial charge in [-0.1, -0.05) is 69.3 Å². The van der Waals surface area contributed by atoms with Crippen molar-refractivity contribution in [2.75, 3.05) is 26.1 Å². The maximum absolute atomic E-state index is 12.2. The first-order chi connectivity index (χ1) is 13.7. The summed E-state index contributed by atoms with van der Waals surface area (Å²) in [6, 6.07) is 23.9. The average Bonchev–Trinajstić information content (AvgIpc) is 2.72. The highest BCUT2D eigenvalue weighted by Gasteiger charge is 2.35. The van der Waals surface area contributed by atoms with Crippen molar-refractivity contribution in [3.05, 3.63) is 95.1 Å². The van der Waals surface area contributed by atoms with Gasteiger partial charge in [0.05, 0.1) is 7.11 Å². The first kappa shape index (κ1) is 20.9. The number of hydrogen-bond acceptors (Lipinski definition) is 3. The molecule has 0 saturated heterocycles. The van der Waals surface area contributed by atoms with Crippen LogP contribution in [0.2, 0.25) is 0 Å². The molecule has 1 unspecified atom stereocenters. The molecule has 152 valence electrons. The SMILES string of the molecule is COc1ccc(C(O)(c2ccccc2)c2ccc(N(C)C)cc2)cc1C(C)(C)C. The number of nitrogens with zero attached hydrogens (tertiary/aromatic N) is 1. The van der Waals surface area contributed by atoms with E-state index < -0.39 is 5.60 Å². The predicted octanol–water partition coefficient (Wildman–Crippen LogP) is 5.34. The molecule has 0 aromatic heterocycles. The number of rotatable bonds is 5. The van der Waals surface area contributed by atoms with Crippen molar-refractivity contribution in [2.24, 2.45) is 0 Å². The van der Waals surface area contributed by atoms with Crippen molar-refractivity contribution >= 4 is 5.69 Å². The Hall–Kier alpha value is -2.78. The maximum atomic E-state index is 12.2. The minimum absolute atomic E-state index is 0.117. The Morgan fingerprint density at radius 2 is 1.31 bits per heavy atom. The van der Waals surface area contributed by atoms with Crippen LogP contribution in [0.15, 0.2) is 72.8 Å². The van der Waals surface area contributed by atoms with Crippen LogP contribution in [0.1, 0.15) is 43.0 Å². The summed E-state index contributed by atoms with van der Waals surface area (Å²) in [5, 5.41) is 12.2. The number of aliphatic hydroxyl groups is 1. The number of benzene rings is 3. The number of anilines is 1. The van der Waals surface area contributed by atoms with E-state index in [1.165, 1.54) is 0 Å². The molecule has 0 aliphatic heterocycles. The van der Waals surface area contributed by atoms with Gasteiger partial charge in [0.1, 0.15) is 11.4 Å². The molecule has 0 radical (unpaired) electrons. The van der Waals surface area contributed by atoms with Gasteiger partial charge in [0, 0.05) is 19.8 Å². The van der Waals surface area contributed by atoms with Crippen LogP contribution in [-0.4, -0.2) is 26.3 Å². The zero-order valence-electron chi connectivity index (χ0n) is 18.2. The van der Waals surface area contributed by atoms with Crippen LogP contribution in [0.25, 0.3) is 0 Å². The fourth-order valence-corrected chi connectivity index (χ4v) is 3.70. The largest absolute Gasteiger partial charge is 0.496 e. The topological polar surface area (TPSA) is 32.7 Å². The van der Waals surface area contributed by atoms with Crippen LogP contribution < -0.4 is 9.64 Å². The van der Waals surface area contributed by atoms with E-state index >= 15 is 0 Å². The van der Waals surface area contributed by atoms with Crippen molar-refractivity contribution in [3.8, 4) is 5.75 Å². The summed E-state index contributed by atoms with van der Waals surface area (Å²) in [6.07, 6.45) is 0. The lowest BCUT2D eigenvalue weighted by atomic mass is 9.77.